The number of carbonyl (C=O) groups excluding carboxylic acids is 1. The molecule has 1 fully saturated rings. The van der Waals surface area contributed by atoms with Gasteiger partial charge in [-0.1, -0.05) is 18.7 Å². The Labute approximate surface area is 152 Å². The van der Waals surface area contributed by atoms with Gasteiger partial charge in [-0.05, 0) is 29.7 Å². The topological polar surface area (TPSA) is 66.5 Å². The maximum atomic E-state index is 10.9. The lowest BCUT2D eigenvalue weighted by Crippen LogP contribution is -2.12. The van der Waals surface area contributed by atoms with Gasteiger partial charge < -0.3 is 23.7 Å². The van der Waals surface area contributed by atoms with E-state index in [2.05, 4.69) is 6.58 Å². The molecule has 0 aromatic heterocycles. The molecule has 0 saturated carbocycles. The number of ether oxygens (including phenoxy) is 5. The fraction of sp³-hybridized carbons (Fsp3) is 0.350. The van der Waals surface area contributed by atoms with Crippen molar-refractivity contribution < 1.29 is 28.5 Å². The fourth-order valence-corrected chi connectivity index (χ4v) is 2.38. The zero-order valence-corrected chi connectivity index (χ0v) is 14.5. The molecular formula is C20H22O6. The van der Waals surface area contributed by atoms with E-state index in [1.165, 1.54) is 0 Å². The van der Waals surface area contributed by atoms with E-state index in [9.17, 15) is 4.79 Å². The molecule has 0 N–H and O–H groups in total. The molecule has 1 aliphatic rings. The second-order valence-electron chi connectivity index (χ2n) is 5.74. The Morgan fingerprint density at radius 3 is 2.81 bits per heavy atom. The van der Waals surface area contributed by atoms with Crippen LogP contribution in [0.3, 0.4) is 0 Å². The second-order valence-corrected chi connectivity index (χ2v) is 5.74. The summed E-state index contributed by atoms with van der Waals surface area (Å²) in [5.74, 6) is 1.16. The lowest BCUT2D eigenvalue weighted by molar-refractivity contribution is -0.139. The molecule has 0 amide bonds. The third-order valence-corrected chi connectivity index (χ3v) is 3.77. The smallest absolute Gasteiger partial charge is 0.330 e. The standard InChI is InChI=1S/C20H22O6/c1-2-20(21)24-11-9-22-8-10-23-16-6-7-18-15(12-16)4-3-5-19(18)26-14-17-13-25-17/h2-7,12,17H,1,8-11,13-14H2. The third-order valence-electron chi connectivity index (χ3n) is 3.77. The van der Waals surface area contributed by atoms with Gasteiger partial charge in [0.25, 0.3) is 0 Å². The van der Waals surface area contributed by atoms with Crippen LogP contribution in [0.25, 0.3) is 10.8 Å². The summed E-state index contributed by atoms with van der Waals surface area (Å²) in [5, 5.41) is 2.09. The molecule has 6 nitrogen and oxygen atoms in total. The summed E-state index contributed by atoms with van der Waals surface area (Å²) in [6.45, 7) is 6.03. The van der Waals surface area contributed by atoms with Crippen molar-refractivity contribution in [1.82, 2.24) is 0 Å². The number of esters is 1. The van der Waals surface area contributed by atoms with Gasteiger partial charge in [0, 0.05) is 11.5 Å². The number of rotatable bonds is 11. The number of fused-ring (bicyclic) bond motifs is 1. The van der Waals surface area contributed by atoms with Gasteiger partial charge in [0.2, 0.25) is 0 Å². The first kappa shape index (κ1) is 18.2. The van der Waals surface area contributed by atoms with Gasteiger partial charge in [0.1, 0.15) is 37.4 Å². The summed E-state index contributed by atoms with van der Waals surface area (Å²) >= 11 is 0. The molecule has 0 radical (unpaired) electrons. The van der Waals surface area contributed by atoms with Crippen molar-refractivity contribution in [3.05, 3.63) is 49.1 Å². The highest BCUT2D eigenvalue weighted by molar-refractivity contribution is 5.89. The molecule has 0 spiro atoms. The Morgan fingerprint density at radius 2 is 2.00 bits per heavy atom. The molecule has 138 valence electrons. The fourth-order valence-electron chi connectivity index (χ4n) is 2.38. The molecule has 1 unspecified atom stereocenters. The summed E-state index contributed by atoms with van der Waals surface area (Å²) in [7, 11) is 0. The highest BCUT2D eigenvalue weighted by Crippen LogP contribution is 2.29. The van der Waals surface area contributed by atoms with E-state index < -0.39 is 5.97 Å². The van der Waals surface area contributed by atoms with Gasteiger partial charge in [0.05, 0.1) is 19.8 Å². The van der Waals surface area contributed by atoms with E-state index in [0.717, 1.165) is 35.0 Å². The number of hydrogen-bond donors (Lipinski definition) is 0. The molecule has 1 saturated heterocycles. The van der Waals surface area contributed by atoms with Gasteiger partial charge in [-0.3, -0.25) is 0 Å². The van der Waals surface area contributed by atoms with Crippen molar-refractivity contribution in [1.29, 1.82) is 0 Å². The van der Waals surface area contributed by atoms with Crippen molar-refractivity contribution in [2.45, 2.75) is 6.10 Å². The van der Waals surface area contributed by atoms with Crippen LogP contribution in [0.4, 0.5) is 0 Å². The Balaban J connectivity index is 1.43. The Bertz CT molecular complexity index is 753. The molecule has 2 aromatic rings. The van der Waals surface area contributed by atoms with E-state index >= 15 is 0 Å². The maximum Gasteiger partial charge on any atom is 0.330 e. The Kier molecular flexibility index (Phi) is 6.46. The lowest BCUT2D eigenvalue weighted by Gasteiger charge is -2.11. The van der Waals surface area contributed by atoms with Gasteiger partial charge in [0.15, 0.2) is 0 Å². The minimum atomic E-state index is -0.450. The van der Waals surface area contributed by atoms with Gasteiger partial charge in [-0.2, -0.15) is 0 Å². The van der Waals surface area contributed by atoms with E-state index in [1.807, 2.05) is 36.4 Å². The third kappa shape index (κ3) is 5.47. The van der Waals surface area contributed by atoms with Crippen molar-refractivity contribution in [3.8, 4) is 11.5 Å². The Hall–Kier alpha value is -2.57. The van der Waals surface area contributed by atoms with Crippen molar-refractivity contribution in [2.75, 3.05) is 39.6 Å². The molecule has 2 aromatic carbocycles. The summed E-state index contributed by atoms with van der Waals surface area (Å²) in [6, 6.07) is 11.8. The first-order valence-electron chi connectivity index (χ1n) is 8.53. The molecule has 1 atom stereocenters. The quantitative estimate of drug-likeness (QED) is 0.266. The second kappa shape index (κ2) is 9.22. The average molecular weight is 358 g/mol. The minimum Gasteiger partial charge on any atom is -0.491 e. The van der Waals surface area contributed by atoms with Crippen LogP contribution in [-0.4, -0.2) is 51.7 Å². The maximum absolute atomic E-state index is 10.9. The van der Waals surface area contributed by atoms with E-state index in [0.29, 0.717) is 26.4 Å². The first-order chi connectivity index (χ1) is 12.8. The summed E-state index contributed by atoms with van der Waals surface area (Å²) < 4.78 is 26.9. The van der Waals surface area contributed by atoms with Crippen LogP contribution in [0, 0.1) is 0 Å². The summed E-state index contributed by atoms with van der Waals surface area (Å²) in [4.78, 5) is 10.9. The first-order valence-corrected chi connectivity index (χ1v) is 8.53. The van der Waals surface area contributed by atoms with Crippen molar-refractivity contribution >= 4 is 16.7 Å². The molecule has 6 heteroatoms. The number of epoxide rings is 1. The SMILES string of the molecule is C=CC(=O)OCCOCCOc1ccc2c(OCC3CO3)cccc2c1. The van der Waals surface area contributed by atoms with E-state index in [4.69, 9.17) is 23.7 Å². The van der Waals surface area contributed by atoms with Crippen LogP contribution < -0.4 is 9.47 Å². The highest BCUT2D eigenvalue weighted by Gasteiger charge is 2.23. The Morgan fingerprint density at radius 1 is 1.15 bits per heavy atom. The molecular weight excluding hydrogens is 336 g/mol. The van der Waals surface area contributed by atoms with Gasteiger partial charge in [-0.15, -0.1) is 0 Å². The molecule has 0 aliphatic carbocycles. The highest BCUT2D eigenvalue weighted by atomic mass is 16.6. The van der Waals surface area contributed by atoms with Crippen LogP contribution in [0.5, 0.6) is 11.5 Å². The minimum absolute atomic E-state index is 0.204. The van der Waals surface area contributed by atoms with E-state index in [-0.39, 0.29) is 12.7 Å². The lowest BCUT2D eigenvalue weighted by atomic mass is 10.1. The van der Waals surface area contributed by atoms with Crippen LogP contribution in [0.2, 0.25) is 0 Å². The number of carbonyl (C=O) groups is 1. The monoisotopic (exact) mass is 358 g/mol. The molecule has 0 bridgehead atoms. The summed E-state index contributed by atoms with van der Waals surface area (Å²) in [6.07, 6.45) is 1.35. The normalized spacial score (nSPS) is 15.5. The van der Waals surface area contributed by atoms with Gasteiger partial charge in [-0.25, -0.2) is 4.79 Å². The average Bonchev–Trinajstić information content (AvgIpc) is 3.49. The van der Waals surface area contributed by atoms with Crippen LogP contribution in [0.1, 0.15) is 0 Å². The molecule has 3 rings (SSSR count). The zero-order chi connectivity index (χ0) is 18.2. The number of hydrogen-bond acceptors (Lipinski definition) is 6. The van der Waals surface area contributed by atoms with E-state index in [1.54, 1.807) is 0 Å². The molecule has 26 heavy (non-hydrogen) atoms. The zero-order valence-electron chi connectivity index (χ0n) is 14.5. The predicted octanol–water partition coefficient (Wildman–Crippen LogP) is 2.74. The van der Waals surface area contributed by atoms with Gasteiger partial charge >= 0.3 is 5.97 Å². The largest absolute Gasteiger partial charge is 0.491 e. The predicted molar refractivity (Wildman–Crippen MR) is 96.7 cm³/mol. The van der Waals surface area contributed by atoms with Crippen LogP contribution in [-0.2, 0) is 19.0 Å². The van der Waals surface area contributed by atoms with Crippen LogP contribution in [0.15, 0.2) is 49.1 Å². The summed E-state index contributed by atoms with van der Waals surface area (Å²) in [5.41, 5.74) is 0. The molecule has 1 heterocycles. The molecule has 1 aliphatic heterocycles. The van der Waals surface area contributed by atoms with Crippen molar-refractivity contribution in [3.63, 3.8) is 0 Å². The van der Waals surface area contributed by atoms with Crippen molar-refractivity contribution in [2.24, 2.45) is 0 Å². The van der Waals surface area contributed by atoms with Crippen LogP contribution >= 0.6 is 0 Å². The number of benzene rings is 2.